The van der Waals surface area contributed by atoms with Crippen LogP contribution in [0.25, 0.3) is 10.2 Å². The topological polar surface area (TPSA) is 136 Å². The first-order chi connectivity index (χ1) is 19.4. The second-order valence-corrected chi connectivity index (χ2v) is 9.50. The Morgan fingerprint density at radius 1 is 1.02 bits per heavy atom. The average Bonchev–Trinajstić information content (AvgIpc) is 3.34. The third kappa shape index (κ3) is 10.1. The largest absolute Gasteiger partial charge is 0.494 e. The van der Waals surface area contributed by atoms with Gasteiger partial charge in [-0.3, -0.25) is 4.99 Å². The molecule has 0 atom stereocenters. The molecule has 4 rings (SSSR count). The zero-order valence-electron chi connectivity index (χ0n) is 21.8. The van der Waals surface area contributed by atoms with Gasteiger partial charge in [0, 0.05) is 32.6 Å². The number of nitrogens with zero attached hydrogens (tertiary/aromatic N) is 3. The molecule has 4 aromatic rings. The van der Waals surface area contributed by atoms with Crippen LogP contribution >= 0.6 is 11.3 Å². The fourth-order valence-electron chi connectivity index (χ4n) is 3.25. The Kier molecular flexibility index (Phi) is 10.7. The molecule has 0 saturated carbocycles. The van der Waals surface area contributed by atoms with Gasteiger partial charge in [0.15, 0.2) is 11.1 Å². The van der Waals surface area contributed by atoms with Gasteiger partial charge in [0.2, 0.25) is 0 Å². The number of carboxylic acid groups (broad SMARTS) is 1. The first-order valence-electron chi connectivity index (χ1n) is 12.0. The Morgan fingerprint density at radius 3 is 2.24 bits per heavy atom. The first kappa shape index (κ1) is 30.9. The molecular formula is C27H27F4N5O4S. The van der Waals surface area contributed by atoms with Gasteiger partial charge in [-0.1, -0.05) is 23.5 Å². The van der Waals surface area contributed by atoms with Crippen LogP contribution in [0.1, 0.15) is 12.0 Å². The molecule has 0 bridgehead atoms. The summed E-state index contributed by atoms with van der Waals surface area (Å²) < 4.78 is 57.4. The predicted octanol–water partition coefficient (Wildman–Crippen LogP) is 5.54. The predicted molar refractivity (Wildman–Crippen MR) is 149 cm³/mol. The van der Waals surface area contributed by atoms with Crippen molar-refractivity contribution in [3.8, 4) is 17.2 Å². The summed E-state index contributed by atoms with van der Waals surface area (Å²) in [6.07, 6.45) is -4.34. The van der Waals surface area contributed by atoms with Gasteiger partial charge in [0.1, 0.15) is 23.1 Å². The first-order valence-corrected chi connectivity index (χ1v) is 12.8. The maximum Gasteiger partial charge on any atom is 0.490 e. The molecule has 0 aliphatic carbocycles. The van der Waals surface area contributed by atoms with Crippen molar-refractivity contribution < 1.29 is 36.9 Å². The maximum absolute atomic E-state index is 13.1. The number of aromatic nitrogens is 1. The molecule has 41 heavy (non-hydrogen) atoms. The Morgan fingerprint density at radius 2 is 1.63 bits per heavy atom. The lowest BCUT2D eigenvalue weighted by molar-refractivity contribution is -0.192. The number of halogens is 4. The number of fused-ring (bicyclic) bond motifs is 1. The third-order valence-electron chi connectivity index (χ3n) is 5.18. The summed E-state index contributed by atoms with van der Waals surface area (Å²) >= 11 is 1.59. The fourth-order valence-corrected chi connectivity index (χ4v) is 4.21. The quantitative estimate of drug-likeness (QED) is 0.0944. The molecule has 0 amide bonds. The zero-order chi connectivity index (χ0) is 30.0. The zero-order valence-corrected chi connectivity index (χ0v) is 22.6. The molecule has 5 N–H and O–H groups in total. The van der Waals surface area contributed by atoms with Gasteiger partial charge >= 0.3 is 12.1 Å². The van der Waals surface area contributed by atoms with Gasteiger partial charge in [-0.15, -0.1) is 0 Å². The number of hydrogen-bond acceptors (Lipinski definition) is 7. The lowest BCUT2D eigenvalue weighted by Crippen LogP contribution is -2.23. The van der Waals surface area contributed by atoms with Gasteiger partial charge in [-0.2, -0.15) is 13.2 Å². The van der Waals surface area contributed by atoms with E-state index in [1.807, 2.05) is 49.5 Å². The number of hydrogen-bond donors (Lipinski definition) is 3. The van der Waals surface area contributed by atoms with E-state index >= 15 is 0 Å². The minimum Gasteiger partial charge on any atom is -0.494 e. The highest BCUT2D eigenvalue weighted by Crippen LogP contribution is 2.33. The second kappa shape index (κ2) is 14.2. The molecule has 0 unspecified atom stereocenters. The summed E-state index contributed by atoms with van der Waals surface area (Å²) in [5.41, 5.74) is 12.7. The van der Waals surface area contributed by atoms with E-state index in [1.54, 1.807) is 23.5 Å². The van der Waals surface area contributed by atoms with E-state index in [-0.39, 0.29) is 11.8 Å². The van der Waals surface area contributed by atoms with Crippen molar-refractivity contribution in [2.24, 2.45) is 16.5 Å². The molecular weight excluding hydrogens is 566 g/mol. The van der Waals surface area contributed by atoms with E-state index in [9.17, 15) is 17.6 Å². The Labute approximate surface area is 236 Å². The SMILES string of the molecule is CN(Cc1ccc(OCCCN=C(N)N)cc1)c1nc2ccc(Oc3ccc(F)cc3)cc2s1.O=C(O)C(F)(F)F. The molecule has 1 aromatic heterocycles. The van der Waals surface area contributed by atoms with Crippen LogP contribution in [-0.4, -0.2) is 48.4 Å². The van der Waals surface area contributed by atoms with Gasteiger partial charge in [-0.05, 0) is 54.1 Å². The molecule has 0 aliphatic heterocycles. The molecule has 0 aliphatic rings. The number of rotatable bonds is 10. The summed E-state index contributed by atoms with van der Waals surface area (Å²) in [6.45, 7) is 1.81. The maximum atomic E-state index is 13.1. The lowest BCUT2D eigenvalue weighted by Gasteiger charge is -2.16. The van der Waals surface area contributed by atoms with E-state index in [1.165, 1.54) is 12.1 Å². The molecule has 218 valence electrons. The van der Waals surface area contributed by atoms with Crippen molar-refractivity contribution in [1.82, 2.24) is 4.98 Å². The van der Waals surface area contributed by atoms with E-state index in [0.717, 1.165) is 33.1 Å². The average molecular weight is 594 g/mol. The van der Waals surface area contributed by atoms with E-state index in [4.69, 9.17) is 35.8 Å². The Hall–Kier alpha value is -4.59. The van der Waals surface area contributed by atoms with Crippen molar-refractivity contribution in [3.63, 3.8) is 0 Å². The minimum absolute atomic E-state index is 0.0976. The number of carboxylic acids is 1. The summed E-state index contributed by atoms with van der Waals surface area (Å²) in [5.74, 6) is -0.869. The van der Waals surface area contributed by atoms with Crippen molar-refractivity contribution in [1.29, 1.82) is 0 Å². The molecule has 0 fully saturated rings. The molecule has 0 saturated heterocycles. The number of carbonyl (C=O) groups is 1. The van der Waals surface area contributed by atoms with Crippen LogP contribution in [0.4, 0.5) is 22.7 Å². The third-order valence-corrected chi connectivity index (χ3v) is 6.31. The molecule has 0 radical (unpaired) electrons. The van der Waals surface area contributed by atoms with Gasteiger partial charge < -0.3 is 30.9 Å². The van der Waals surface area contributed by atoms with Crippen LogP contribution in [0.5, 0.6) is 17.2 Å². The monoisotopic (exact) mass is 593 g/mol. The van der Waals surface area contributed by atoms with E-state index < -0.39 is 12.1 Å². The summed E-state index contributed by atoms with van der Waals surface area (Å²) in [6, 6.07) is 19.7. The number of guanidine groups is 1. The highest BCUT2D eigenvalue weighted by molar-refractivity contribution is 7.22. The standard InChI is InChI=1S/C25H26FN5O2S.C2HF3O2/c1-31(16-17-3-7-19(8-4-17)32-14-2-13-29-24(27)28)25-30-22-12-11-21(15-23(22)34-25)33-20-9-5-18(26)6-10-20;3-2(4,5)1(6)7/h3-12,15H,2,13-14,16H2,1H3,(H4,27,28,29);(H,6,7). The van der Waals surface area contributed by atoms with Gasteiger partial charge in [0.25, 0.3) is 0 Å². The number of thiazole rings is 1. The number of alkyl halides is 3. The number of aliphatic imine (C=N–C) groups is 1. The Bertz CT molecular complexity index is 1460. The molecule has 0 spiro atoms. The second-order valence-electron chi connectivity index (χ2n) is 8.49. The van der Waals surface area contributed by atoms with Crippen LogP contribution in [-0.2, 0) is 11.3 Å². The summed E-state index contributed by atoms with van der Waals surface area (Å²) in [4.78, 5) is 19.7. The van der Waals surface area contributed by atoms with Crippen LogP contribution in [0.15, 0.2) is 71.7 Å². The normalized spacial score (nSPS) is 10.9. The van der Waals surface area contributed by atoms with Gasteiger partial charge in [-0.25, -0.2) is 14.2 Å². The van der Waals surface area contributed by atoms with E-state index in [2.05, 4.69) is 9.89 Å². The van der Waals surface area contributed by atoms with Crippen molar-refractivity contribution in [3.05, 3.63) is 78.1 Å². The van der Waals surface area contributed by atoms with Crippen molar-refractivity contribution in [2.45, 2.75) is 19.1 Å². The lowest BCUT2D eigenvalue weighted by atomic mass is 10.2. The minimum atomic E-state index is -5.08. The Balaban J connectivity index is 0.000000587. The van der Waals surface area contributed by atoms with Crippen molar-refractivity contribution in [2.75, 3.05) is 25.1 Å². The number of ether oxygens (including phenoxy) is 2. The number of benzene rings is 3. The number of nitrogens with two attached hydrogens (primary N) is 2. The van der Waals surface area contributed by atoms with Crippen LogP contribution < -0.4 is 25.8 Å². The molecule has 3 aromatic carbocycles. The smallest absolute Gasteiger partial charge is 0.490 e. The number of aliphatic carboxylic acids is 1. The summed E-state index contributed by atoms with van der Waals surface area (Å²) in [7, 11) is 2.02. The van der Waals surface area contributed by atoms with Crippen LogP contribution in [0, 0.1) is 5.82 Å². The molecule has 1 heterocycles. The van der Waals surface area contributed by atoms with Gasteiger partial charge in [0.05, 0.1) is 16.8 Å². The van der Waals surface area contributed by atoms with Crippen LogP contribution in [0.3, 0.4) is 0 Å². The molecule has 9 nitrogen and oxygen atoms in total. The highest BCUT2D eigenvalue weighted by atomic mass is 32.1. The number of anilines is 1. The summed E-state index contributed by atoms with van der Waals surface area (Å²) in [5, 5.41) is 8.04. The van der Waals surface area contributed by atoms with Crippen LogP contribution in [0.2, 0.25) is 0 Å². The van der Waals surface area contributed by atoms with Crippen molar-refractivity contribution >= 4 is 38.6 Å². The molecule has 14 heteroatoms. The van der Waals surface area contributed by atoms with E-state index in [0.29, 0.717) is 31.2 Å². The highest BCUT2D eigenvalue weighted by Gasteiger charge is 2.38. The fraction of sp³-hybridized carbons (Fsp3) is 0.222.